The van der Waals surface area contributed by atoms with Crippen molar-refractivity contribution >= 4 is 46.0 Å². The molecule has 0 bridgehead atoms. The summed E-state index contributed by atoms with van der Waals surface area (Å²) in [6.45, 7) is 5.89. The normalized spacial score (nSPS) is 22.6. The van der Waals surface area contributed by atoms with Crippen molar-refractivity contribution in [2.45, 2.75) is 20.3 Å². The molecule has 3 heterocycles. The second-order valence-electron chi connectivity index (χ2n) is 7.81. The van der Waals surface area contributed by atoms with E-state index in [2.05, 4.69) is 18.7 Å². The number of halogens is 1. The molecule has 2 aliphatic heterocycles. The Labute approximate surface area is 179 Å². The average molecular weight is 431 g/mol. The molecule has 1 aromatic carbocycles. The van der Waals surface area contributed by atoms with Gasteiger partial charge in [-0.15, -0.1) is 11.3 Å². The van der Waals surface area contributed by atoms with Gasteiger partial charge in [0.05, 0.1) is 18.4 Å². The second kappa shape index (κ2) is 7.84. The third kappa shape index (κ3) is 3.55. The van der Waals surface area contributed by atoms with Crippen molar-refractivity contribution in [2.75, 3.05) is 25.1 Å². The predicted molar refractivity (Wildman–Crippen MR) is 116 cm³/mol. The topological polar surface area (TPSA) is 49.9 Å². The minimum Gasteiger partial charge on any atom is -0.495 e. The van der Waals surface area contributed by atoms with Gasteiger partial charge in [-0.1, -0.05) is 31.5 Å². The van der Waals surface area contributed by atoms with Gasteiger partial charge in [0, 0.05) is 23.0 Å². The van der Waals surface area contributed by atoms with Gasteiger partial charge in [-0.05, 0) is 47.9 Å². The Kier molecular flexibility index (Phi) is 5.40. The van der Waals surface area contributed by atoms with Crippen LogP contribution in [-0.4, -0.2) is 36.9 Å². The van der Waals surface area contributed by atoms with Gasteiger partial charge in [0.1, 0.15) is 11.4 Å². The van der Waals surface area contributed by atoms with Crippen molar-refractivity contribution < 1.29 is 14.3 Å². The lowest BCUT2D eigenvalue weighted by Crippen LogP contribution is -2.42. The molecule has 1 saturated heterocycles. The number of imide groups is 1. The van der Waals surface area contributed by atoms with E-state index < -0.39 is 0 Å². The number of hydrogen-bond donors (Lipinski definition) is 0. The molecule has 2 amide bonds. The molecule has 4 rings (SSSR count). The van der Waals surface area contributed by atoms with Crippen LogP contribution in [0.1, 0.15) is 25.1 Å². The van der Waals surface area contributed by atoms with E-state index in [9.17, 15) is 9.59 Å². The van der Waals surface area contributed by atoms with Crippen LogP contribution in [0.5, 0.6) is 5.75 Å². The van der Waals surface area contributed by atoms with Crippen LogP contribution in [0.3, 0.4) is 0 Å². The van der Waals surface area contributed by atoms with Crippen LogP contribution in [-0.2, 0) is 9.59 Å². The fourth-order valence-electron chi connectivity index (χ4n) is 4.36. The van der Waals surface area contributed by atoms with E-state index in [0.717, 1.165) is 24.4 Å². The maximum absolute atomic E-state index is 13.6. The summed E-state index contributed by atoms with van der Waals surface area (Å²) in [4.78, 5) is 31.3. The number of amides is 2. The summed E-state index contributed by atoms with van der Waals surface area (Å²) in [7, 11) is 1.51. The third-order valence-electron chi connectivity index (χ3n) is 5.39. The maximum Gasteiger partial charge on any atom is 0.282 e. The average Bonchev–Trinajstić information content (AvgIpc) is 3.27. The lowest BCUT2D eigenvalue weighted by Gasteiger charge is -2.37. The van der Waals surface area contributed by atoms with E-state index in [1.54, 1.807) is 18.2 Å². The summed E-state index contributed by atoms with van der Waals surface area (Å²) in [6, 6.07) is 8.74. The number of carbonyl (C=O) groups is 2. The molecule has 2 aromatic rings. The molecule has 0 radical (unpaired) electrons. The lowest BCUT2D eigenvalue weighted by molar-refractivity contribution is -0.120. The Bertz CT molecular complexity index is 976. The molecule has 0 spiro atoms. The van der Waals surface area contributed by atoms with E-state index in [1.807, 2.05) is 17.5 Å². The van der Waals surface area contributed by atoms with Gasteiger partial charge in [0.15, 0.2) is 0 Å². The molecule has 2 unspecified atom stereocenters. The van der Waals surface area contributed by atoms with Gasteiger partial charge >= 0.3 is 0 Å². The van der Waals surface area contributed by atoms with Crippen molar-refractivity contribution in [3.05, 3.63) is 51.3 Å². The van der Waals surface area contributed by atoms with E-state index >= 15 is 0 Å². The molecule has 2 aliphatic rings. The Morgan fingerprint density at radius 3 is 2.45 bits per heavy atom. The van der Waals surface area contributed by atoms with Crippen molar-refractivity contribution in [2.24, 2.45) is 11.8 Å². The molecule has 152 valence electrons. The molecular formula is C22H23ClN2O3S. The number of methoxy groups -OCH3 is 1. The number of benzene rings is 1. The molecule has 29 heavy (non-hydrogen) atoms. The smallest absolute Gasteiger partial charge is 0.282 e. The van der Waals surface area contributed by atoms with Crippen LogP contribution in [0.4, 0.5) is 5.69 Å². The first-order valence-corrected chi connectivity index (χ1v) is 10.9. The van der Waals surface area contributed by atoms with Crippen molar-refractivity contribution in [1.82, 2.24) is 4.90 Å². The number of carbonyl (C=O) groups excluding carboxylic acids is 2. The quantitative estimate of drug-likeness (QED) is 0.661. The van der Waals surface area contributed by atoms with E-state index in [1.165, 1.54) is 23.3 Å². The number of piperidine rings is 1. The SMILES string of the molecule is COc1ccc(Cl)cc1N1C(=O)C(c2cccs2)=C(N2CC(C)CC(C)C2)C1=O. The molecule has 0 saturated carbocycles. The Hall–Kier alpha value is -2.31. The van der Waals surface area contributed by atoms with Gasteiger partial charge < -0.3 is 9.64 Å². The molecular weight excluding hydrogens is 408 g/mol. The van der Waals surface area contributed by atoms with Crippen LogP contribution in [0.2, 0.25) is 5.02 Å². The minimum atomic E-state index is -0.334. The number of hydrogen-bond acceptors (Lipinski definition) is 5. The predicted octanol–water partition coefficient (Wildman–Crippen LogP) is 4.67. The molecule has 1 fully saturated rings. The molecule has 0 aliphatic carbocycles. The minimum absolute atomic E-state index is 0.319. The third-order valence-corrected chi connectivity index (χ3v) is 6.52. The van der Waals surface area contributed by atoms with Crippen molar-refractivity contribution in [3.8, 4) is 5.75 Å². The first kappa shape index (κ1) is 20.0. The zero-order valence-corrected chi connectivity index (χ0v) is 18.2. The lowest BCUT2D eigenvalue weighted by atomic mass is 9.91. The fourth-order valence-corrected chi connectivity index (χ4v) is 5.29. The van der Waals surface area contributed by atoms with Crippen LogP contribution in [0.15, 0.2) is 41.4 Å². The van der Waals surface area contributed by atoms with Gasteiger partial charge in [0.25, 0.3) is 11.8 Å². The summed E-state index contributed by atoms with van der Waals surface area (Å²) in [5.74, 6) is 0.685. The highest BCUT2D eigenvalue weighted by Crippen LogP contribution is 2.41. The Morgan fingerprint density at radius 1 is 1.10 bits per heavy atom. The van der Waals surface area contributed by atoms with Crippen LogP contribution in [0.25, 0.3) is 5.57 Å². The van der Waals surface area contributed by atoms with Gasteiger partial charge in [0.2, 0.25) is 0 Å². The fraction of sp³-hybridized carbons (Fsp3) is 0.364. The largest absolute Gasteiger partial charge is 0.495 e. The number of likely N-dealkylation sites (tertiary alicyclic amines) is 1. The summed E-state index contributed by atoms with van der Waals surface area (Å²) < 4.78 is 5.42. The summed E-state index contributed by atoms with van der Waals surface area (Å²) in [5, 5.41) is 2.36. The van der Waals surface area contributed by atoms with Gasteiger partial charge in [-0.2, -0.15) is 0 Å². The molecule has 5 nitrogen and oxygen atoms in total. The standard InChI is InChI=1S/C22H23ClN2O3S/c1-13-9-14(2)12-24(11-13)20-19(18-5-4-8-29-18)21(26)25(22(20)27)16-10-15(23)6-7-17(16)28-3/h4-8,10,13-14H,9,11-12H2,1-3H3. The Morgan fingerprint density at radius 2 is 1.83 bits per heavy atom. The van der Waals surface area contributed by atoms with E-state index in [-0.39, 0.29) is 11.8 Å². The number of ether oxygens (including phenoxy) is 1. The molecule has 2 atom stereocenters. The number of anilines is 1. The monoisotopic (exact) mass is 430 g/mol. The van der Waals surface area contributed by atoms with Crippen LogP contribution >= 0.6 is 22.9 Å². The maximum atomic E-state index is 13.6. The highest BCUT2D eigenvalue weighted by molar-refractivity contribution is 7.11. The van der Waals surface area contributed by atoms with E-state index in [4.69, 9.17) is 16.3 Å². The van der Waals surface area contributed by atoms with E-state index in [0.29, 0.717) is 39.6 Å². The number of thiophene rings is 1. The van der Waals surface area contributed by atoms with Crippen LogP contribution in [0, 0.1) is 11.8 Å². The van der Waals surface area contributed by atoms with Crippen LogP contribution < -0.4 is 9.64 Å². The molecule has 1 aromatic heterocycles. The highest BCUT2D eigenvalue weighted by atomic mass is 35.5. The Balaban J connectivity index is 1.84. The zero-order valence-electron chi connectivity index (χ0n) is 16.6. The van der Waals surface area contributed by atoms with Crippen molar-refractivity contribution in [3.63, 3.8) is 0 Å². The molecule has 7 heteroatoms. The summed E-state index contributed by atoms with van der Waals surface area (Å²) >= 11 is 7.64. The summed E-state index contributed by atoms with van der Waals surface area (Å²) in [6.07, 6.45) is 1.12. The number of rotatable bonds is 4. The van der Waals surface area contributed by atoms with Crippen molar-refractivity contribution in [1.29, 1.82) is 0 Å². The second-order valence-corrected chi connectivity index (χ2v) is 9.20. The summed E-state index contributed by atoms with van der Waals surface area (Å²) in [5.41, 5.74) is 1.32. The first-order chi connectivity index (χ1) is 13.9. The first-order valence-electron chi connectivity index (χ1n) is 9.66. The highest BCUT2D eigenvalue weighted by Gasteiger charge is 2.45. The van der Waals surface area contributed by atoms with Gasteiger partial charge in [-0.25, -0.2) is 4.90 Å². The zero-order chi connectivity index (χ0) is 20.7. The molecule has 0 N–H and O–H groups in total. The van der Waals surface area contributed by atoms with Gasteiger partial charge in [-0.3, -0.25) is 9.59 Å². The number of nitrogens with zero attached hydrogens (tertiary/aromatic N) is 2.